The van der Waals surface area contributed by atoms with E-state index in [9.17, 15) is 20.4 Å². The first-order chi connectivity index (χ1) is 14.4. The molecule has 2 aliphatic rings. The second-order valence-electron chi connectivity index (χ2n) is 7.62. The third kappa shape index (κ3) is 3.96. The number of ether oxygens (including phenoxy) is 2. The second-order valence-corrected chi connectivity index (χ2v) is 8.88. The van der Waals surface area contributed by atoms with Gasteiger partial charge in [-0.15, -0.1) is 11.8 Å². The van der Waals surface area contributed by atoms with Gasteiger partial charge in [0.2, 0.25) is 0 Å². The molecule has 0 aliphatic carbocycles. The van der Waals surface area contributed by atoms with Crippen molar-refractivity contribution in [3.8, 4) is 5.75 Å². The van der Waals surface area contributed by atoms with Crippen LogP contribution in [-0.4, -0.2) is 64.3 Å². The van der Waals surface area contributed by atoms with Gasteiger partial charge in [0.15, 0.2) is 0 Å². The molecule has 30 heavy (non-hydrogen) atoms. The summed E-state index contributed by atoms with van der Waals surface area (Å²) in [5.74, 6) is 0.571. The summed E-state index contributed by atoms with van der Waals surface area (Å²) in [5.41, 5.74) is 3.39. The minimum atomic E-state index is -1.43. The molecule has 4 N–H and O–H groups in total. The number of rotatable bonds is 5. The second kappa shape index (κ2) is 9.04. The van der Waals surface area contributed by atoms with Crippen molar-refractivity contribution in [2.75, 3.05) is 19.5 Å². The Morgan fingerprint density at radius 3 is 2.50 bits per heavy atom. The standard InChI is InChI=1S/C22H25ClO6S/c1-30-13-4-2-11(3-5-13)8-12-9-15(14-6-7-28-21(14)17(12)23)22-20(27)19(26)18(25)16(10-24)29-22/h2-5,9,16,18-20,22,24-27H,6-8,10H2,1H3. The Morgan fingerprint density at radius 1 is 1.10 bits per heavy atom. The van der Waals surface area contributed by atoms with Crippen molar-refractivity contribution in [2.24, 2.45) is 0 Å². The number of hydrogen-bond acceptors (Lipinski definition) is 7. The summed E-state index contributed by atoms with van der Waals surface area (Å²) in [6, 6.07) is 10.1. The van der Waals surface area contributed by atoms with Crippen molar-refractivity contribution in [2.45, 2.75) is 48.3 Å². The molecule has 8 heteroatoms. The molecule has 5 atom stereocenters. The topological polar surface area (TPSA) is 99.4 Å². The number of halogens is 1. The van der Waals surface area contributed by atoms with E-state index >= 15 is 0 Å². The van der Waals surface area contributed by atoms with E-state index in [0.717, 1.165) is 16.7 Å². The van der Waals surface area contributed by atoms with Crippen LogP contribution in [0.2, 0.25) is 5.02 Å². The Kier molecular flexibility index (Phi) is 6.60. The van der Waals surface area contributed by atoms with E-state index in [2.05, 4.69) is 12.1 Å². The third-order valence-corrected chi connectivity index (χ3v) is 6.94. The summed E-state index contributed by atoms with van der Waals surface area (Å²) in [7, 11) is 0. The van der Waals surface area contributed by atoms with Gasteiger partial charge in [-0.2, -0.15) is 0 Å². The zero-order chi connectivity index (χ0) is 21.4. The summed E-state index contributed by atoms with van der Waals surface area (Å²) < 4.78 is 11.6. The van der Waals surface area contributed by atoms with Crippen molar-refractivity contribution in [1.82, 2.24) is 0 Å². The van der Waals surface area contributed by atoms with Gasteiger partial charge in [-0.1, -0.05) is 29.8 Å². The summed E-state index contributed by atoms with van der Waals surface area (Å²) in [6.45, 7) is -0.00623. The molecule has 2 aliphatic heterocycles. The first kappa shape index (κ1) is 21.9. The number of aliphatic hydroxyl groups excluding tert-OH is 4. The van der Waals surface area contributed by atoms with E-state index in [4.69, 9.17) is 21.1 Å². The van der Waals surface area contributed by atoms with Crippen LogP contribution in [0.3, 0.4) is 0 Å². The largest absolute Gasteiger partial charge is 0.491 e. The Hall–Kier alpha value is -1.32. The van der Waals surface area contributed by atoms with E-state index in [1.54, 1.807) is 11.8 Å². The number of aliphatic hydroxyl groups is 4. The first-order valence-corrected chi connectivity index (χ1v) is 11.4. The lowest BCUT2D eigenvalue weighted by Crippen LogP contribution is -2.55. The molecule has 6 nitrogen and oxygen atoms in total. The van der Waals surface area contributed by atoms with E-state index < -0.39 is 37.1 Å². The van der Waals surface area contributed by atoms with Gasteiger partial charge in [-0.05, 0) is 41.5 Å². The lowest BCUT2D eigenvalue weighted by molar-refractivity contribution is -0.231. The van der Waals surface area contributed by atoms with Crippen LogP contribution in [0.15, 0.2) is 35.2 Å². The molecular formula is C22H25ClO6S. The molecule has 0 radical (unpaired) electrons. The monoisotopic (exact) mass is 452 g/mol. The SMILES string of the molecule is CSc1ccc(Cc2cc(C3OC(CO)C(O)C(O)C3O)c3c(c2Cl)OCC3)cc1. The van der Waals surface area contributed by atoms with Gasteiger partial charge in [0, 0.05) is 16.9 Å². The highest BCUT2D eigenvalue weighted by Gasteiger charge is 2.45. The smallest absolute Gasteiger partial charge is 0.141 e. The van der Waals surface area contributed by atoms with Gasteiger partial charge in [0.25, 0.3) is 0 Å². The van der Waals surface area contributed by atoms with Crippen LogP contribution in [0, 0.1) is 0 Å². The maximum absolute atomic E-state index is 10.6. The molecule has 0 saturated carbocycles. The summed E-state index contributed by atoms with van der Waals surface area (Å²) in [5, 5.41) is 41.0. The van der Waals surface area contributed by atoms with Gasteiger partial charge in [0.05, 0.1) is 18.2 Å². The lowest BCUT2D eigenvalue weighted by Gasteiger charge is -2.40. The van der Waals surface area contributed by atoms with Crippen molar-refractivity contribution >= 4 is 23.4 Å². The predicted octanol–water partition coefficient (Wildman–Crippen LogP) is 2.10. The molecule has 0 aromatic heterocycles. The van der Waals surface area contributed by atoms with Crippen LogP contribution < -0.4 is 4.74 Å². The Bertz CT molecular complexity index is 903. The van der Waals surface area contributed by atoms with Gasteiger partial charge in [-0.25, -0.2) is 0 Å². The molecule has 0 amide bonds. The van der Waals surface area contributed by atoms with Crippen LogP contribution in [0.1, 0.15) is 28.4 Å². The van der Waals surface area contributed by atoms with Crippen molar-refractivity contribution in [1.29, 1.82) is 0 Å². The highest BCUT2D eigenvalue weighted by Crippen LogP contribution is 2.44. The average molecular weight is 453 g/mol. The molecule has 1 saturated heterocycles. The van der Waals surface area contributed by atoms with Gasteiger partial charge in [0.1, 0.15) is 36.3 Å². The zero-order valence-corrected chi connectivity index (χ0v) is 18.1. The van der Waals surface area contributed by atoms with Gasteiger partial charge >= 0.3 is 0 Å². The summed E-state index contributed by atoms with van der Waals surface area (Å²) >= 11 is 8.33. The Balaban J connectivity index is 1.73. The molecule has 2 aromatic rings. The zero-order valence-electron chi connectivity index (χ0n) is 16.5. The molecule has 2 heterocycles. The van der Waals surface area contributed by atoms with Gasteiger partial charge < -0.3 is 29.9 Å². The molecule has 162 valence electrons. The molecule has 4 rings (SSSR count). The molecule has 1 fully saturated rings. The fourth-order valence-electron chi connectivity index (χ4n) is 4.12. The van der Waals surface area contributed by atoms with Crippen molar-refractivity contribution in [3.63, 3.8) is 0 Å². The minimum Gasteiger partial charge on any atom is -0.491 e. The summed E-state index contributed by atoms with van der Waals surface area (Å²) in [6.07, 6.45) is -2.87. The fraction of sp³-hybridized carbons (Fsp3) is 0.455. The van der Waals surface area contributed by atoms with E-state index in [1.165, 1.54) is 4.90 Å². The number of benzene rings is 2. The summed E-state index contributed by atoms with van der Waals surface area (Å²) in [4.78, 5) is 1.17. The molecule has 0 spiro atoms. The Labute approximate surface area is 184 Å². The third-order valence-electron chi connectivity index (χ3n) is 5.78. The van der Waals surface area contributed by atoms with Crippen LogP contribution >= 0.6 is 23.4 Å². The number of fused-ring (bicyclic) bond motifs is 1. The minimum absolute atomic E-state index is 0.464. The molecule has 0 bridgehead atoms. The number of thioether (sulfide) groups is 1. The van der Waals surface area contributed by atoms with Crippen LogP contribution in [0.5, 0.6) is 5.75 Å². The van der Waals surface area contributed by atoms with Crippen LogP contribution in [-0.2, 0) is 17.6 Å². The maximum atomic E-state index is 10.6. The van der Waals surface area contributed by atoms with E-state index in [1.807, 2.05) is 24.5 Å². The van der Waals surface area contributed by atoms with Crippen molar-refractivity contribution in [3.05, 3.63) is 57.6 Å². The quantitative estimate of drug-likeness (QED) is 0.515. The first-order valence-electron chi connectivity index (χ1n) is 9.85. The average Bonchev–Trinajstić information content (AvgIpc) is 3.26. The molecule has 2 aromatic carbocycles. The normalized spacial score (nSPS) is 28.3. The number of hydrogen-bond donors (Lipinski definition) is 4. The fourth-order valence-corrected chi connectivity index (χ4v) is 4.81. The Morgan fingerprint density at radius 2 is 1.83 bits per heavy atom. The van der Waals surface area contributed by atoms with E-state index in [0.29, 0.717) is 35.8 Å². The molecule has 5 unspecified atom stereocenters. The predicted molar refractivity (Wildman–Crippen MR) is 114 cm³/mol. The van der Waals surface area contributed by atoms with Crippen molar-refractivity contribution < 1.29 is 29.9 Å². The maximum Gasteiger partial charge on any atom is 0.141 e. The highest BCUT2D eigenvalue weighted by atomic mass is 35.5. The highest BCUT2D eigenvalue weighted by molar-refractivity contribution is 7.98. The molecular weight excluding hydrogens is 428 g/mol. The van der Waals surface area contributed by atoms with E-state index in [-0.39, 0.29) is 0 Å². The lowest BCUT2D eigenvalue weighted by atomic mass is 9.87. The van der Waals surface area contributed by atoms with Crippen LogP contribution in [0.25, 0.3) is 0 Å². The van der Waals surface area contributed by atoms with Crippen LogP contribution in [0.4, 0.5) is 0 Å². The van der Waals surface area contributed by atoms with Gasteiger partial charge in [-0.3, -0.25) is 0 Å².